The van der Waals surface area contributed by atoms with Crippen molar-refractivity contribution < 1.29 is 9.47 Å². The van der Waals surface area contributed by atoms with E-state index in [2.05, 4.69) is 4.98 Å². The Morgan fingerprint density at radius 2 is 2.29 bits per heavy atom. The first-order valence-corrected chi connectivity index (χ1v) is 5.58. The van der Waals surface area contributed by atoms with Crippen LogP contribution in [0.15, 0.2) is 15.8 Å². The molecule has 6 heteroatoms. The van der Waals surface area contributed by atoms with Crippen LogP contribution in [0.25, 0.3) is 0 Å². The number of aromatic nitrogens is 2. The predicted molar refractivity (Wildman–Crippen MR) is 61.1 cm³/mol. The maximum atomic E-state index is 11.6. The zero-order chi connectivity index (χ0) is 12.4. The third kappa shape index (κ3) is 2.48. The van der Waals surface area contributed by atoms with Gasteiger partial charge in [0, 0.05) is 18.9 Å². The van der Waals surface area contributed by atoms with E-state index in [1.54, 1.807) is 20.2 Å². The molecule has 94 valence electrons. The molecule has 0 aromatic carbocycles. The van der Waals surface area contributed by atoms with Crippen molar-refractivity contribution in [2.75, 3.05) is 13.7 Å². The summed E-state index contributed by atoms with van der Waals surface area (Å²) in [7, 11) is 1.62. The third-order valence-corrected chi connectivity index (χ3v) is 2.89. The molecular weight excluding hydrogens is 224 g/mol. The van der Waals surface area contributed by atoms with Crippen molar-refractivity contribution in [3.8, 4) is 0 Å². The largest absolute Gasteiger partial charge is 0.382 e. The Kier molecular flexibility index (Phi) is 3.44. The standard InChI is InChI=1S/C11H16N2O4/c1-7-5-13(11(15)12-10(7)14)9-4-3-8(17-9)6-16-2/h5,8-9H,3-4,6H2,1-2H3,(H,12,14,15)/t8-,9?/m0/s1. The molecule has 1 unspecified atom stereocenters. The molecule has 1 fully saturated rings. The molecule has 2 atom stereocenters. The Bertz CT molecular complexity index is 505. The maximum absolute atomic E-state index is 11.6. The van der Waals surface area contributed by atoms with Gasteiger partial charge in [-0.1, -0.05) is 0 Å². The van der Waals surface area contributed by atoms with E-state index in [9.17, 15) is 9.59 Å². The molecule has 0 saturated carbocycles. The number of hydrogen-bond donors (Lipinski definition) is 1. The molecule has 0 aliphatic carbocycles. The second kappa shape index (κ2) is 4.85. The third-order valence-electron chi connectivity index (χ3n) is 2.89. The average molecular weight is 240 g/mol. The Labute approximate surface area is 98.2 Å². The normalized spacial score (nSPS) is 24.1. The highest BCUT2D eigenvalue weighted by atomic mass is 16.5. The molecule has 1 aromatic heterocycles. The summed E-state index contributed by atoms with van der Waals surface area (Å²) in [5.74, 6) is 0. The number of methoxy groups -OCH3 is 1. The molecule has 1 saturated heterocycles. The molecule has 1 aromatic rings. The summed E-state index contributed by atoms with van der Waals surface area (Å²) in [5, 5.41) is 0. The van der Waals surface area contributed by atoms with Gasteiger partial charge in [0.2, 0.25) is 0 Å². The fraction of sp³-hybridized carbons (Fsp3) is 0.636. The van der Waals surface area contributed by atoms with Crippen LogP contribution in [0.5, 0.6) is 0 Å². The zero-order valence-corrected chi connectivity index (χ0v) is 9.93. The molecule has 0 spiro atoms. The van der Waals surface area contributed by atoms with Gasteiger partial charge in [-0.05, 0) is 19.8 Å². The zero-order valence-electron chi connectivity index (χ0n) is 9.93. The molecule has 0 radical (unpaired) electrons. The minimum absolute atomic E-state index is 0.0177. The van der Waals surface area contributed by atoms with Gasteiger partial charge in [0.15, 0.2) is 0 Å². The fourth-order valence-electron chi connectivity index (χ4n) is 2.00. The Morgan fingerprint density at radius 1 is 1.53 bits per heavy atom. The molecule has 1 aliphatic rings. The number of ether oxygens (including phenoxy) is 2. The molecule has 2 rings (SSSR count). The summed E-state index contributed by atoms with van der Waals surface area (Å²) < 4.78 is 12.1. The molecule has 2 heterocycles. The van der Waals surface area contributed by atoms with E-state index in [0.29, 0.717) is 12.2 Å². The van der Waals surface area contributed by atoms with E-state index in [4.69, 9.17) is 9.47 Å². The van der Waals surface area contributed by atoms with Crippen molar-refractivity contribution in [2.24, 2.45) is 0 Å². The van der Waals surface area contributed by atoms with Gasteiger partial charge in [0.1, 0.15) is 6.23 Å². The lowest BCUT2D eigenvalue weighted by Gasteiger charge is -2.15. The van der Waals surface area contributed by atoms with Gasteiger partial charge >= 0.3 is 5.69 Å². The molecule has 0 bridgehead atoms. The van der Waals surface area contributed by atoms with Crippen molar-refractivity contribution >= 4 is 0 Å². The average Bonchev–Trinajstić information content (AvgIpc) is 2.72. The SMILES string of the molecule is COC[C@@H]1CCC(n2cc(C)c(=O)[nH]c2=O)O1. The quantitative estimate of drug-likeness (QED) is 0.817. The van der Waals surface area contributed by atoms with Crippen molar-refractivity contribution in [2.45, 2.75) is 32.1 Å². The van der Waals surface area contributed by atoms with Gasteiger partial charge in [0.25, 0.3) is 5.56 Å². The highest BCUT2D eigenvalue weighted by molar-refractivity contribution is 5.01. The minimum atomic E-state index is -0.427. The number of hydrogen-bond acceptors (Lipinski definition) is 4. The molecular formula is C11H16N2O4. The van der Waals surface area contributed by atoms with Crippen LogP contribution in [0.2, 0.25) is 0 Å². The second-order valence-corrected chi connectivity index (χ2v) is 4.22. The Hall–Kier alpha value is -1.40. The van der Waals surface area contributed by atoms with Gasteiger partial charge in [-0.15, -0.1) is 0 Å². The molecule has 17 heavy (non-hydrogen) atoms. The molecule has 1 aliphatic heterocycles. The van der Waals surface area contributed by atoms with Crippen LogP contribution in [-0.4, -0.2) is 29.4 Å². The van der Waals surface area contributed by atoms with Crippen LogP contribution in [-0.2, 0) is 9.47 Å². The number of H-pyrrole nitrogens is 1. The highest BCUT2D eigenvalue weighted by Gasteiger charge is 2.27. The Balaban J connectivity index is 2.22. The van der Waals surface area contributed by atoms with E-state index in [0.717, 1.165) is 12.8 Å². The summed E-state index contributed by atoms with van der Waals surface area (Å²) in [4.78, 5) is 25.2. The van der Waals surface area contributed by atoms with Gasteiger partial charge in [-0.2, -0.15) is 0 Å². The van der Waals surface area contributed by atoms with E-state index in [1.807, 2.05) is 0 Å². The van der Waals surface area contributed by atoms with Crippen LogP contribution < -0.4 is 11.2 Å². The number of aryl methyl sites for hydroxylation is 1. The number of aromatic amines is 1. The predicted octanol–water partition coefficient (Wildman–Crippen LogP) is 0.169. The lowest BCUT2D eigenvalue weighted by Crippen LogP contribution is -2.33. The van der Waals surface area contributed by atoms with Crippen LogP contribution in [0.3, 0.4) is 0 Å². The first kappa shape index (κ1) is 12.1. The van der Waals surface area contributed by atoms with Crippen LogP contribution in [0.4, 0.5) is 0 Å². The van der Waals surface area contributed by atoms with E-state index in [1.165, 1.54) is 4.57 Å². The fourth-order valence-corrected chi connectivity index (χ4v) is 2.00. The van der Waals surface area contributed by atoms with E-state index in [-0.39, 0.29) is 17.9 Å². The monoisotopic (exact) mass is 240 g/mol. The van der Waals surface area contributed by atoms with Gasteiger partial charge in [0.05, 0.1) is 12.7 Å². The van der Waals surface area contributed by atoms with Crippen molar-refractivity contribution in [3.05, 3.63) is 32.6 Å². The minimum Gasteiger partial charge on any atom is -0.382 e. The van der Waals surface area contributed by atoms with Gasteiger partial charge in [-0.25, -0.2) is 4.79 Å². The molecule has 1 N–H and O–H groups in total. The summed E-state index contributed by atoms with van der Waals surface area (Å²) >= 11 is 0. The summed E-state index contributed by atoms with van der Waals surface area (Å²) in [5.41, 5.74) is -0.273. The molecule has 0 amide bonds. The van der Waals surface area contributed by atoms with Crippen molar-refractivity contribution in [3.63, 3.8) is 0 Å². The van der Waals surface area contributed by atoms with Gasteiger partial charge in [-0.3, -0.25) is 14.3 Å². The van der Waals surface area contributed by atoms with Crippen LogP contribution in [0, 0.1) is 6.92 Å². The summed E-state index contributed by atoms with van der Waals surface area (Å²) in [6.45, 7) is 2.18. The summed E-state index contributed by atoms with van der Waals surface area (Å²) in [6.07, 6.45) is 2.85. The lowest BCUT2D eigenvalue weighted by atomic mass is 10.2. The molecule has 6 nitrogen and oxygen atoms in total. The number of rotatable bonds is 3. The first-order chi connectivity index (χ1) is 8.11. The smallest absolute Gasteiger partial charge is 0.330 e. The number of nitrogens with zero attached hydrogens (tertiary/aromatic N) is 1. The van der Waals surface area contributed by atoms with Crippen LogP contribution >= 0.6 is 0 Å². The van der Waals surface area contributed by atoms with Crippen molar-refractivity contribution in [1.82, 2.24) is 9.55 Å². The second-order valence-electron chi connectivity index (χ2n) is 4.22. The summed E-state index contributed by atoms with van der Waals surface area (Å²) in [6, 6.07) is 0. The highest BCUT2D eigenvalue weighted by Crippen LogP contribution is 2.26. The van der Waals surface area contributed by atoms with E-state index >= 15 is 0 Å². The Morgan fingerprint density at radius 3 is 3.00 bits per heavy atom. The lowest BCUT2D eigenvalue weighted by molar-refractivity contribution is -0.0336. The van der Waals surface area contributed by atoms with Crippen molar-refractivity contribution in [1.29, 1.82) is 0 Å². The first-order valence-electron chi connectivity index (χ1n) is 5.58. The van der Waals surface area contributed by atoms with Crippen LogP contribution in [0.1, 0.15) is 24.6 Å². The maximum Gasteiger partial charge on any atom is 0.330 e. The topological polar surface area (TPSA) is 73.3 Å². The number of nitrogens with one attached hydrogen (secondary N) is 1. The van der Waals surface area contributed by atoms with Gasteiger partial charge < -0.3 is 9.47 Å². The van der Waals surface area contributed by atoms with E-state index < -0.39 is 5.69 Å².